The zero-order chi connectivity index (χ0) is 7.28. The molecule has 2 heteroatoms. The summed E-state index contributed by atoms with van der Waals surface area (Å²) >= 11 is 0. The molecule has 55 valence electrons. The molecule has 0 aliphatic rings. The maximum absolute atomic E-state index is 10.6. The Morgan fingerprint density at radius 3 is 2.33 bits per heavy atom. The van der Waals surface area contributed by atoms with E-state index in [9.17, 15) is 5.11 Å². The topological polar surface area (TPSA) is 29.1 Å². The summed E-state index contributed by atoms with van der Waals surface area (Å²) in [6.07, 6.45) is -0.250. The Morgan fingerprint density at radius 1 is 1.44 bits per heavy atom. The van der Waals surface area contributed by atoms with Crippen LogP contribution in [0.15, 0.2) is 0 Å². The van der Waals surface area contributed by atoms with Crippen LogP contribution in [0.5, 0.6) is 0 Å². The molecule has 0 amide bonds. The first kappa shape index (κ1) is 8.92. The molecule has 0 saturated heterocycles. The standard InChI is InChI=1S/C7H15O2/c1-4-7(8)9-5-6(2)3/h6-7H,4-5H2,1-3H3. The van der Waals surface area contributed by atoms with Crippen molar-refractivity contribution < 1.29 is 9.84 Å². The van der Waals surface area contributed by atoms with Crippen molar-refractivity contribution >= 4 is 0 Å². The third-order valence-electron chi connectivity index (χ3n) is 0.949. The Kier molecular flexibility index (Phi) is 4.72. The van der Waals surface area contributed by atoms with Crippen LogP contribution in [0.4, 0.5) is 0 Å². The highest BCUT2D eigenvalue weighted by Gasteiger charge is 2.02. The summed E-state index contributed by atoms with van der Waals surface area (Å²) in [5.74, 6) is 0.466. The zero-order valence-corrected chi connectivity index (χ0v) is 6.39. The second-order valence-corrected chi connectivity index (χ2v) is 2.56. The van der Waals surface area contributed by atoms with E-state index in [1.165, 1.54) is 0 Å². The number of ether oxygens (including phenoxy) is 1. The van der Waals surface area contributed by atoms with Crippen LogP contribution >= 0.6 is 0 Å². The maximum atomic E-state index is 10.6. The van der Waals surface area contributed by atoms with Crippen LogP contribution in [-0.2, 0) is 9.84 Å². The van der Waals surface area contributed by atoms with Gasteiger partial charge in [-0.25, -0.2) is 5.11 Å². The first-order valence-corrected chi connectivity index (χ1v) is 3.44. The van der Waals surface area contributed by atoms with Gasteiger partial charge in [-0.1, -0.05) is 20.8 Å². The van der Waals surface area contributed by atoms with E-state index in [-0.39, 0.29) is 0 Å². The summed E-state index contributed by atoms with van der Waals surface area (Å²) < 4.78 is 4.90. The number of rotatable bonds is 4. The Bertz CT molecular complexity index is 61.9. The Hall–Kier alpha value is -0.0800. The van der Waals surface area contributed by atoms with E-state index in [0.717, 1.165) is 0 Å². The number of hydrogen-bond donors (Lipinski definition) is 0. The van der Waals surface area contributed by atoms with E-state index < -0.39 is 6.29 Å². The molecule has 1 radical (unpaired) electrons. The van der Waals surface area contributed by atoms with E-state index in [1.54, 1.807) is 0 Å². The van der Waals surface area contributed by atoms with Gasteiger partial charge in [0.2, 0.25) is 0 Å². The molecular formula is C7H15O2. The second kappa shape index (κ2) is 4.77. The third kappa shape index (κ3) is 5.80. The SMILES string of the molecule is CCC([O])OCC(C)C. The summed E-state index contributed by atoms with van der Waals surface area (Å²) in [6.45, 7) is 6.48. The van der Waals surface area contributed by atoms with Gasteiger partial charge in [0, 0.05) is 0 Å². The molecule has 0 aliphatic heterocycles. The molecule has 0 bridgehead atoms. The summed E-state index contributed by atoms with van der Waals surface area (Å²) in [4.78, 5) is 0. The molecule has 1 atom stereocenters. The monoisotopic (exact) mass is 131 g/mol. The van der Waals surface area contributed by atoms with Gasteiger partial charge in [0.1, 0.15) is 0 Å². The van der Waals surface area contributed by atoms with Crippen LogP contribution in [0.2, 0.25) is 0 Å². The van der Waals surface area contributed by atoms with Gasteiger partial charge < -0.3 is 4.74 Å². The lowest BCUT2D eigenvalue weighted by Gasteiger charge is -2.08. The molecule has 0 heterocycles. The van der Waals surface area contributed by atoms with Gasteiger partial charge in [-0.15, -0.1) is 0 Å². The van der Waals surface area contributed by atoms with Crippen molar-refractivity contribution in [1.29, 1.82) is 0 Å². The minimum absolute atomic E-state index is 0.466. The fourth-order valence-corrected chi connectivity index (χ4v) is 0.418. The van der Waals surface area contributed by atoms with Gasteiger partial charge in [0.15, 0.2) is 6.29 Å². The minimum Gasteiger partial charge on any atom is -0.349 e. The molecule has 0 rings (SSSR count). The van der Waals surface area contributed by atoms with Crippen molar-refractivity contribution in [3.63, 3.8) is 0 Å². The first-order chi connectivity index (χ1) is 4.16. The van der Waals surface area contributed by atoms with Gasteiger partial charge in [-0.3, -0.25) is 0 Å². The lowest BCUT2D eigenvalue weighted by atomic mass is 10.2. The van der Waals surface area contributed by atoms with Crippen molar-refractivity contribution in [1.82, 2.24) is 0 Å². The van der Waals surface area contributed by atoms with E-state index in [0.29, 0.717) is 18.9 Å². The zero-order valence-electron chi connectivity index (χ0n) is 6.39. The minimum atomic E-state index is -0.813. The lowest BCUT2D eigenvalue weighted by Crippen LogP contribution is -2.12. The van der Waals surface area contributed by atoms with Gasteiger partial charge in [-0.05, 0) is 12.3 Å². The molecule has 0 fully saturated rings. The second-order valence-electron chi connectivity index (χ2n) is 2.56. The van der Waals surface area contributed by atoms with E-state index >= 15 is 0 Å². The summed E-state index contributed by atoms with van der Waals surface area (Å²) in [6, 6.07) is 0. The summed E-state index contributed by atoms with van der Waals surface area (Å²) in [5, 5.41) is 10.6. The van der Waals surface area contributed by atoms with Gasteiger partial charge in [0.05, 0.1) is 6.61 Å². The van der Waals surface area contributed by atoms with Crippen molar-refractivity contribution in [2.24, 2.45) is 5.92 Å². The van der Waals surface area contributed by atoms with Crippen LogP contribution < -0.4 is 0 Å². The van der Waals surface area contributed by atoms with Gasteiger partial charge >= 0.3 is 0 Å². The van der Waals surface area contributed by atoms with E-state index in [2.05, 4.69) is 0 Å². The Labute approximate surface area is 56.8 Å². The first-order valence-electron chi connectivity index (χ1n) is 3.44. The molecule has 0 aromatic carbocycles. The van der Waals surface area contributed by atoms with Crippen LogP contribution in [0, 0.1) is 5.92 Å². The van der Waals surface area contributed by atoms with Gasteiger partial charge in [0.25, 0.3) is 0 Å². The summed E-state index contributed by atoms with van der Waals surface area (Å²) in [7, 11) is 0. The molecule has 0 aromatic heterocycles. The van der Waals surface area contributed by atoms with Crippen molar-refractivity contribution in [3.8, 4) is 0 Å². The molecule has 0 N–H and O–H groups in total. The van der Waals surface area contributed by atoms with Crippen LogP contribution in [-0.4, -0.2) is 12.9 Å². The third-order valence-corrected chi connectivity index (χ3v) is 0.949. The quantitative estimate of drug-likeness (QED) is 0.535. The predicted octanol–water partition coefficient (Wildman–Crippen LogP) is 1.83. The smallest absolute Gasteiger partial charge is 0.191 e. The molecule has 1 unspecified atom stereocenters. The van der Waals surface area contributed by atoms with Crippen LogP contribution in [0.3, 0.4) is 0 Å². The normalized spacial score (nSPS) is 14.3. The maximum Gasteiger partial charge on any atom is 0.191 e. The lowest BCUT2D eigenvalue weighted by molar-refractivity contribution is -0.146. The highest BCUT2D eigenvalue weighted by atomic mass is 16.6. The van der Waals surface area contributed by atoms with Crippen molar-refractivity contribution in [3.05, 3.63) is 0 Å². The average Bonchev–Trinajstić information content (AvgIpc) is 1.83. The van der Waals surface area contributed by atoms with E-state index in [4.69, 9.17) is 4.74 Å². The fraction of sp³-hybridized carbons (Fsp3) is 1.00. The predicted molar refractivity (Wildman–Crippen MR) is 35.6 cm³/mol. The average molecular weight is 131 g/mol. The molecular weight excluding hydrogens is 116 g/mol. The molecule has 0 aliphatic carbocycles. The van der Waals surface area contributed by atoms with Gasteiger partial charge in [-0.2, -0.15) is 0 Å². The molecule has 2 nitrogen and oxygen atoms in total. The highest BCUT2D eigenvalue weighted by molar-refractivity contribution is 4.40. The van der Waals surface area contributed by atoms with Crippen LogP contribution in [0.1, 0.15) is 27.2 Å². The van der Waals surface area contributed by atoms with Crippen molar-refractivity contribution in [2.45, 2.75) is 33.5 Å². The largest absolute Gasteiger partial charge is 0.349 e. The van der Waals surface area contributed by atoms with E-state index in [1.807, 2.05) is 20.8 Å². The summed E-state index contributed by atoms with van der Waals surface area (Å²) in [5.41, 5.74) is 0. The fourth-order valence-electron chi connectivity index (χ4n) is 0.418. The highest BCUT2D eigenvalue weighted by Crippen LogP contribution is 1.98. The molecule has 0 spiro atoms. The Morgan fingerprint density at radius 2 is 2.00 bits per heavy atom. The molecule has 0 aromatic rings. The Balaban J connectivity index is 3.06. The molecule has 0 saturated carbocycles. The van der Waals surface area contributed by atoms with Crippen LogP contribution in [0.25, 0.3) is 0 Å². The number of hydrogen-bond acceptors (Lipinski definition) is 1. The molecule has 9 heavy (non-hydrogen) atoms. The van der Waals surface area contributed by atoms with Crippen molar-refractivity contribution in [2.75, 3.05) is 6.61 Å².